The molecular formula is C25H30N4O3S2. The summed E-state index contributed by atoms with van der Waals surface area (Å²) in [5, 5.41) is 11.6. The highest BCUT2D eigenvalue weighted by Gasteiger charge is 2.38. The molecule has 1 aliphatic heterocycles. The summed E-state index contributed by atoms with van der Waals surface area (Å²) in [6.45, 7) is 2.25. The SMILES string of the molecule is CC(=O)NC1(c2noc(CCC(=O)N3CCc4sccc4C3c3cccs3)n2)CCCCCC1. The average Bonchev–Trinajstić information content (AvgIpc) is 3.58. The lowest BCUT2D eigenvalue weighted by molar-refractivity contribution is -0.133. The molecule has 1 N–H and O–H groups in total. The summed E-state index contributed by atoms with van der Waals surface area (Å²) in [5.74, 6) is 1.02. The molecule has 0 saturated heterocycles. The van der Waals surface area contributed by atoms with Crippen LogP contribution in [-0.4, -0.2) is 33.4 Å². The minimum absolute atomic E-state index is 0.0187. The second kappa shape index (κ2) is 10.00. The Balaban J connectivity index is 1.30. The number of carbonyl (C=O) groups excluding carboxylic acids is 2. The predicted molar refractivity (Wildman–Crippen MR) is 132 cm³/mol. The lowest BCUT2D eigenvalue weighted by Crippen LogP contribution is -2.45. The highest BCUT2D eigenvalue weighted by Crippen LogP contribution is 2.40. The maximum Gasteiger partial charge on any atom is 0.227 e. The Morgan fingerprint density at radius 3 is 2.74 bits per heavy atom. The molecule has 1 atom stereocenters. The summed E-state index contributed by atoms with van der Waals surface area (Å²) in [4.78, 5) is 34.5. The maximum atomic E-state index is 13.4. The highest BCUT2D eigenvalue weighted by atomic mass is 32.1. The molecule has 2 aliphatic rings. The van der Waals surface area contributed by atoms with E-state index < -0.39 is 5.54 Å². The van der Waals surface area contributed by atoms with Crippen LogP contribution in [0.5, 0.6) is 0 Å². The third kappa shape index (κ3) is 4.68. The lowest BCUT2D eigenvalue weighted by Gasteiger charge is -2.35. The van der Waals surface area contributed by atoms with Crippen LogP contribution < -0.4 is 5.32 Å². The Bertz CT molecular complexity index is 1130. The van der Waals surface area contributed by atoms with E-state index in [1.54, 1.807) is 22.7 Å². The quantitative estimate of drug-likeness (QED) is 0.484. The minimum atomic E-state index is -0.569. The molecular weight excluding hydrogens is 468 g/mol. The highest BCUT2D eigenvalue weighted by molar-refractivity contribution is 7.10. The molecule has 180 valence electrons. The molecule has 34 heavy (non-hydrogen) atoms. The minimum Gasteiger partial charge on any atom is -0.343 e. The fourth-order valence-corrected chi connectivity index (χ4v) is 7.08. The number of nitrogens with one attached hydrogen (secondary N) is 1. The Labute approximate surface area is 207 Å². The van der Waals surface area contributed by atoms with Crippen LogP contribution in [0.4, 0.5) is 0 Å². The van der Waals surface area contributed by atoms with Crippen LogP contribution in [0, 0.1) is 0 Å². The van der Waals surface area contributed by atoms with Crippen LogP contribution in [0.2, 0.25) is 0 Å². The van der Waals surface area contributed by atoms with Crippen LogP contribution in [0.15, 0.2) is 33.5 Å². The molecule has 1 fully saturated rings. The van der Waals surface area contributed by atoms with Crippen LogP contribution in [0.3, 0.4) is 0 Å². The van der Waals surface area contributed by atoms with Crippen molar-refractivity contribution in [2.45, 2.75) is 76.3 Å². The molecule has 0 spiro atoms. The predicted octanol–water partition coefficient (Wildman–Crippen LogP) is 4.99. The number of aromatic nitrogens is 2. The van der Waals surface area contributed by atoms with Gasteiger partial charge in [-0.25, -0.2) is 0 Å². The lowest BCUT2D eigenvalue weighted by atomic mass is 9.89. The summed E-state index contributed by atoms with van der Waals surface area (Å²) in [7, 11) is 0. The molecule has 5 rings (SSSR count). The van der Waals surface area contributed by atoms with Gasteiger partial charge in [-0.1, -0.05) is 36.9 Å². The number of fused-ring (bicyclic) bond motifs is 1. The largest absolute Gasteiger partial charge is 0.343 e. The Kier molecular flexibility index (Phi) is 6.83. The van der Waals surface area contributed by atoms with E-state index >= 15 is 0 Å². The zero-order chi connectivity index (χ0) is 23.5. The molecule has 3 aromatic rings. The summed E-state index contributed by atoms with van der Waals surface area (Å²) in [5.41, 5.74) is 0.679. The summed E-state index contributed by atoms with van der Waals surface area (Å²) < 4.78 is 5.57. The first kappa shape index (κ1) is 23.2. The van der Waals surface area contributed by atoms with Crippen molar-refractivity contribution in [1.82, 2.24) is 20.4 Å². The van der Waals surface area contributed by atoms with E-state index in [4.69, 9.17) is 4.52 Å². The standard InChI is InChI=1S/C25H30N4O3S2/c1-17(30)27-25(12-4-2-3-5-13-25)24-26-21(32-28-24)8-9-22(31)29-14-10-19-18(11-16-34-19)23(29)20-7-6-15-33-20/h6-7,11,15-16,23H,2-5,8-10,12-14H2,1H3,(H,27,30). The van der Waals surface area contributed by atoms with Crippen LogP contribution in [0.1, 0.15) is 84.9 Å². The van der Waals surface area contributed by atoms with Crippen molar-refractivity contribution < 1.29 is 14.1 Å². The first-order valence-electron chi connectivity index (χ1n) is 12.1. The van der Waals surface area contributed by atoms with Crippen molar-refractivity contribution in [3.8, 4) is 0 Å². The number of amides is 2. The Hall–Kier alpha value is -2.52. The zero-order valence-corrected chi connectivity index (χ0v) is 21.1. The molecule has 9 heteroatoms. The van der Waals surface area contributed by atoms with E-state index in [0.29, 0.717) is 24.6 Å². The first-order valence-corrected chi connectivity index (χ1v) is 13.8. The van der Waals surface area contributed by atoms with Gasteiger partial charge in [-0.2, -0.15) is 4.98 Å². The van der Waals surface area contributed by atoms with Crippen LogP contribution >= 0.6 is 22.7 Å². The number of nitrogens with zero attached hydrogens (tertiary/aromatic N) is 3. The van der Waals surface area contributed by atoms with Crippen molar-refractivity contribution in [2.75, 3.05) is 6.54 Å². The number of thiophene rings is 2. The summed E-state index contributed by atoms with van der Waals surface area (Å²) in [6, 6.07) is 6.29. The van der Waals surface area contributed by atoms with E-state index in [2.05, 4.69) is 38.4 Å². The van der Waals surface area contributed by atoms with E-state index in [1.165, 1.54) is 22.2 Å². The zero-order valence-electron chi connectivity index (χ0n) is 19.4. The van der Waals surface area contributed by atoms with E-state index in [0.717, 1.165) is 51.5 Å². The van der Waals surface area contributed by atoms with E-state index in [1.807, 2.05) is 11.0 Å². The van der Waals surface area contributed by atoms with Gasteiger partial charge >= 0.3 is 0 Å². The monoisotopic (exact) mass is 498 g/mol. The molecule has 3 aromatic heterocycles. The fourth-order valence-electron chi connectivity index (χ4n) is 5.32. The smallest absolute Gasteiger partial charge is 0.227 e. The van der Waals surface area contributed by atoms with Gasteiger partial charge in [-0.3, -0.25) is 9.59 Å². The topological polar surface area (TPSA) is 88.3 Å². The van der Waals surface area contributed by atoms with Gasteiger partial charge in [0.05, 0.1) is 6.04 Å². The Morgan fingerprint density at radius 1 is 1.18 bits per heavy atom. The third-order valence-electron chi connectivity index (χ3n) is 6.92. The number of rotatable bonds is 6. The summed E-state index contributed by atoms with van der Waals surface area (Å²) >= 11 is 3.47. The van der Waals surface area contributed by atoms with Gasteiger partial charge in [0.1, 0.15) is 5.54 Å². The third-order valence-corrected chi connectivity index (χ3v) is 8.84. The molecule has 0 bridgehead atoms. The van der Waals surface area contributed by atoms with Crippen molar-refractivity contribution in [3.63, 3.8) is 0 Å². The second-order valence-electron chi connectivity index (χ2n) is 9.24. The van der Waals surface area contributed by atoms with Crippen LogP contribution in [-0.2, 0) is 28.0 Å². The molecule has 1 saturated carbocycles. The second-order valence-corrected chi connectivity index (χ2v) is 11.2. The molecule has 4 heterocycles. The molecule has 1 unspecified atom stereocenters. The van der Waals surface area contributed by atoms with Gasteiger partial charge in [0.15, 0.2) is 5.82 Å². The molecule has 1 aliphatic carbocycles. The average molecular weight is 499 g/mol. The fraction of sp³-hybridized carbons (Fsp3) is 0.520. The van der Waals surface area contributed by atoms with E-state index in [9.17, 15) is 9.59 Å². The number of carbonyl (C=O) groups is 2. The van der Waals surface area contributed by atoms with Crippen LogP contribution in [0.25, 0.3) is 0 Å². The van der Waals surface area contributed by atoms with Crippen molar-refractivity contribution in [1.29, 1.82) is 0 Å². The van der Waals surface area contributed by atoms with Gasteiger partial charge in [0.25, 0.3) is 0 Å². The molecule has 0 aromatic carbocycles. The first-order chi connectivity index (χ1) is 16.6. The van der Waals surface area contributed by atoms with Gasteiger partial charge in [-0.15, -0.1) is 22.7 Å². The molecule has 0 radical (unpaired) electrons. The van der Waals surface area contributed by atoms with Crippen molar-refractivity contribution in [2.24, 2.45) is 0 Å². The van der Waals surface area contributed by atoms with Crippen molar-refractivity contribution >= 4 is 34.5 Å². The van der Waals surface area contributed by atoms with Gasteiger partial charge in [-0.05, 0) is 47.7 Å². The number of hydrogen-bond acceptors (Lipinski definition) is 7. The molecule has 7 nitrogen and oxygen atoms in total. The van der Waals surface area contributed by atoms with Gasteiger partial charge in [0, 0.05) is 36.1 Å². The maximum absolute atomic E-state index is 13.4. The number of aryl methyl sites for hydroxylation is 1. The van der Waals surface area contributed by atoms with Crippen molar-refractivity contribution in [3.05, 3.63) is 56.0 Å². The van der Waals surface area contributed by atoms with E-state index in [-0.39, 0.29) is 17.9 Å². The summed E-state index contributed by atoms with van der Waals surface area (Å²) in [6.07, 6.45) is 7.56. The molecule has 2 amide bonds. The van der Waals surface area contributed by atoms with Gasteiger partial charge < -0.3 is 14.7 Å². The Morgan fingerprint density at radius 2 is 2.00 bits per heavy atom. The van der Waals surface area contributed by atoms with Gasteiger partial charge in [0.2, 0.25) is 17.7 Å². The normalized spacial score (nSPS) is 19.9. The number of hydrogen-bond donors (Lipinski definition) is 1.